The maximum absolute atomic E-state index is 11.9. The molecule has 0 saturated carbocycles. The fourth-order valence-electron chi connectivity index (χ4n) is 1.54. The molecule has 0 atom stereocenters. The zero-order valence-corrected chi connectivity index (χ0v) is 11.6. The van der Waals surface area contributed by atoms with Crippen LogP contribution in [0.3, 0.4) is 0 Å². The Hall–Kier alpha value is -2.07. The number of halogens is 1. The van der Waals surface area contributed by atoms with Crippen molar-refractivity contribution in [3.05, 3.63) is 54.4 Å². The number of carbonyl (C=O) groups excluding carboxylic acids is 1. The van der Waals surface area contributed by atoms with Crippen LogP contribution in [-0.2, 0) is 0 Å². The summed E-state index contributed by atoms with van der Waals surface area (Å²) in [6.07, 6.45) is 3.19. The van der Waals surface area contributed by atoms with Crippen LogP contribution in [0.15, 0.2) is 48.8 Å². The number of rotatable bonds is 3. The lowest BCUT2D eigenvalue weighted by Crippen LogP contribution is -2.12. The number of benzene rings is 1. The van der Waals surface area contributed by atoms with Crippen molar-refractivity contribution >= 4 is 29.7 Å². The molecule has 1 aromatic carbocycles. The third kappa shape index (κ3) is 3.96. The highest BCUT2D eigenvalue weighted by molar-refractivity contribution is 6.04. The molecule has 1 amide bonds. The summed E-state index contributed by atoms with van der Waals surface area (Å²) in [7, 11) is 3.95. The van der Waals surface area contributed by atoms with Gasteiger partial charge in [-0.15, -0.1) is 12.4 Å². The van der Waals surface area contributed by atoms with Gasteiger partial charge in [-0.05, 0) is 36.4 Å². The molecule has 0 radical (unpaired) electrons. The lowest BCUT2D eigenvalue weighted by atomic mass is 10.2. The lowest BCUT2D eigenvalue weighted by Gasteiger charge is -2.13. The number of amides is 1. The number of aromatic nitrogens is 1. The van der Waals surface area contributed by atoms with E-state index in [4.69, 9.17) is 0 Å². The SMILES string of the molecule is CN(C)c1ccc(NC(=O)c2cccnc2)cc1.Cl. The zero-order chi connectivity index (χ0) is 13.0. The van der Waals surface area contributed by atoms with Crippen molar-refractivity contribution in [2.24, 2.45) is 0 Å². The summed E-state index contributed by atoms with van der Waals surface area (Å²) < 4.78 is 0. The van der Waals surface area contributed by atoms with E-state index in [2.05, 4.69) is 10.3 Å². The summed E-state index contributed by atoms with van der Waals surface area (Å²) in [5, 5.41) is 2.83. The molecule has 0 aliphatic rings. The Morgan fingerprint density at radius 3 is 2.37 bits per heavy atom. The van der Waals surface area contributed by atoms with Crippen LogP contribution < -0.4 is 10.2 Å². The molecule has 0 unspecified atom stereocenters. The van der Waals surface area contributed by atoms with Crippen LogP contribution in [0, 0.1) is 0 Å². The van der Waals surface area contributed by atoms with Crippen molar-refractivity contribution in [1.29, 1.82) is 0 Å². The van der Waals surface area contributed by atoms with E-state index in [-0.39, 0.29) is 18.3 Å². The van der Waals surface area contributed by atoms with Gasteiger partial charge in [-0.2, -0.15) is 0 Å². The van der Waals surface area contributed by atoms with Gasteiger partial charge < -0.3 is 10.2 Å². The molecule has 1 heterocycles. The van der Waals surface area contributed by atoms with Crippen LogP contribution in [0.2, 0.25) is 0 Å². The van der Waals surface area contributed by atoms with E-state index < -0.39 is 0 Å². The lowest BCUT2D eigenvalue weighted by molar-refractivity contribution is 0.102. The van der Waals surface area contributed by atoms with Gasteiger partial charge in [-0.3, -0.25) is 9.78 Å². The monoisotopic (exact) mass is 277 g/mol. The number of nitrogens with zero attached hydrogens (tertiary/aromatic N) is 2. The van der Waals surface area contributed by atoms with E-state index in [0.717, 1.165) is 11.4 Å². The Labute approximate surface area is 118 Å². The summed E-state index contributed by atoms with van der Waals surface area (Å²) in [5.41, 5.74) is 2.41. The Morgan fingerprint density at radius 2 is 1.84 bits per heavy atom. The van der Waals surface area contributed by atoms with Gasteiger partial charge in [-0.1, -0.05) is 0 Å². The molecule has 0 aliphatic heterocycles. The minimum Gasteiger partial charge on any atom is -0.378 e. The third-order valence-electron chi connectivity index (χ3n) is 2.57. The second-order valence-electron chi connectivity index (χ2n) is 4.14. The summed E-state index contributed by atoms with van der Waals surface area (Å²) in [5.74, 6) is -0.152. The van der Waals surface area contributed by atoms with Gasteiger partial charge in [-0.25, -0.2) is 0 Å². The third-order valence-corrected chi connectivity index (χ3v) is 2.57. The van der Waals surface area contributed by atoms with Crippen molar-refractivity contribution in [2.75, 3.05) is 24.3 Å². The van der Waals surface area contributed by atoms with Gasteiger partial charge in [0.1, 0.15) is 0 Å². The molecule has 4 nitrogen and oxygen atoms in total. The molecule has 2 aromatic rings. The number of pyridine rings is 1. The topological polar surface area (TPSA) is 45.2 Å². The number of hydrogen-bond acceptors (Lipinski definition) is 3. The highest BCUT2D eigenvalue weighted by Gasteiger charge is 2.05. The highest BCUT2D eigenvalue weighted by atomic mass is 35.5. The second kappa shape index (κ2) is 6.75. The average molecular weight is 278 g/mol. The van der Waals surface area contributed by atoms with Gasteiger partial charge in [0, 0.05) is 37.9 Å². The number of nitrogens with one attached hydrogen (secondary N) is 1. The van der Waals surface area contributed by atoms with Crippen molar-refractivity contribution in [2.45, 2.75) is 0 Å². The smallest absolute Gasteiger partial charge is 0.257 e. The van der Waals surface area contributed by atoms with E-state index in [1.165, 1.54) is 0 Å². The average Bonchev–Trinajstić information content (AvgIpc) is 2.40. The molecule has 0 spiro atoms. The van der Waals surface area contributed by atoms with E-state index in [1.54, 1.807) is 24.5 Å². The van der Waals surface area contributed by atoms with Crippen molar-refractivity contribution in [3.8, 4) is 0 Å². The predicted octanol–water partition coefficient (Wildman–Crippen LogP) is 2.82. The number of carbonyl (C=O) groups is 1. The minimum atomic E-state index is -0.152. The molecular weight excluding hydrogens is 262 g/mol. The molecule has 100 valence electrons. The Balaban J connectivity index is 0.00000180. The van der Waals surface area contributed by atoms with Crippen LogP contribution in [-0.4, -0.2) is 25.0 Å². The molecular formula is C14H16ClN3O. The molecule has 1 aromatic heterocycles. The van der Waals surface area contributed by atoms with Crippen molar-refractivity contribution < 1.29 is 4.79 Å². The van der Waals surface area contributed by atoms with Crippen molar-refractivity contribution in [1.82, 2.24) is 4.98 Å². The predicted molar refractivity (Wildman–Crippen MR) is 80.2 cm³/mol. The molecule has 0 saturated heterocycles. The fourth-order valence-corrected chi connectivity index (χ4v) is 1.54. The number of anilines is 2. The first-order valence-electron chi connectivity index (χ1n) is 5.65. The first-order chi connectivity index (χ1) is 8.66. The quantitative estimate of drug-likeness (QED) is 0.938. The van der Waals surface area contributed by atoms with Crippen LogP contribution >= 0.6 is 12.4 Å². The van der Waals surface area contributed by atoms with Crippen LogP contribution in [0.4, 0.5) is 11.4 Å². The standard InChI is InChI=1S/C14H15N3O.ClH/c1-17(2)13-7-5-12(6-8-13)16-14(18)11-4-3-9-15-10-11;/h3-10H,1-2H3,(H,16,18);1H. The zero-order valence-electron chi connectivity index (χ0n) is 10.8. The Kier molecular flexibility index (Phi) is 5.33. The molecule has 0 aliphatic carbocycles. The van der Waals surface area contributed by atoms with Gasteiger partial charge in [0.15, 0.2) is 0 Å². The molecule has 2 rings (SSSR count). The maximum Gasteiger partial charge on any atom is 0.257 e. The number of hydrogen-bond donors (Lipinski definition) is 1. The van der Waals surface area contributed by atoms with Gasteiger partial charge in [0.2, 0.25) is 0 Å². The van der Waals surface area contributed by atoms with E-state index in [1.807, 2.05) is 43.3 Å². The molecule has 19 heavy (non-hydrogen) atoms. The van der Waals surface area contributed by atoms with Crippen LogP contribution in [0.25, 0.3) is 0 Å². The second-order valence-corrected chi connectivity index (χ2v) is 4.14. The first-order valence-corrected chi connectivity index (χ1v) is 5.65. The summed E-state index contributed by atoms with van der Waals surface area (Å²) in [6.45, 7) is 0. The fraction of sp³-hybridized carbons (Fsp3) is 0.143. The van der Waals surface area contributed by atoms with Gasteiger partial charge in [0.25, 0.3) is 5.91 Å². The normalized spacial score (nSPS) is 9.37. The summed E-state index contributed by atoms with van der Waals surface area (Å²) in [6, 6.07) is 11.1. The molecule has 0 fully saturated rings. The largest absolute Gasteiger partial charge is 0.378 e. The van der Waals surface area contributed by atoms with E-state index >= 15 is 0 Å². The Bertz CT molecular complexity index is 526. The van der Waals surface area contributed by atoms with Crippen LogP contribution in [0.1, 0.15) is 10.4 Å². The molecule has 0 bridgehead atoms. The summed E-state index contributed by atoms with van der Waals surface area (Å²) >= 11 is 0. The van der Waals surface area contributed by atoms with Crippen molar-refractivity contribution in [3.63, 3.8) is 0 Å². The summed E-state index contributed by atoms with van der Waals surface area (Å²) in [4.78, 5) is 17.8. The van der Waals surface area contributed by atoms with Gasteiger partial charge >= 0.3 is 0 Å². The highest BCUT2D eigenvalue weighted by Crippen LogP contribution is 2.16. The first kappa shape index (κ1) is 15.0. The molecule has 1 N–H and O–H groups in total. The minimum absolute atomic E-state index is 0. The van der Waals surface area contributed by atoms with E-state index in [9.17, 15) is 4.79 Å². The Morgan fingerprint density at radius 1 is 1.16 bits per heavy atom. The maximum atomic E-state index is 11.9. The van der Waals surface area contributed by atoms with Gasteiger partial charge in [0.05, 0.1) is 5.56 Å². The van der Waals surface area contributed by atoms with Crippen LogP contribution in [0.5, 0.6) is 0 Å². The van der Waals surface area contributed by atoms with E-state index in [0.29, 0.717) is 5.56 Å². The molecule has 5 heteroatoms.